The zero-order valence-electron chi connectivity index (χ0n) is 11.3. The molecule has 3 heterocycles. The van der Waals surface area contributed by atoms with E-state index in [0.717, 1.165) is 42.6 Å². The number of nitrogen functional groups attached to an aromatic ring is 1. The molecule has 0 amide bonds. The summed E-state index contributed by atoms with van der Waals surface area (Å²) in [6.45, 7) is 1.91. The van der Waals surface area contributed by atoms with Crippen LogP contribution in [-0.2, 0) is 0 Å². The molecule has 2 aromatic rings. The van der Waals surface area contributed by atoms with Crippen LogP contribution in [0.1, 0.15) is 23.8 Å². The maximum Gasteiger partial charge on any atom is 0.203 e. The van der Waals surface area contributed by atoms with Crippen LogP contribution in [0.3, 0.4) is 0 Å². The van der Waals surface area contributed by atoms with E-state index in [1.165, 1.54) is 11.3 Å². The molecule has 0 spiro atoms. The van der Waals surface area contributed by atoms with Crippen LogP contribution in [0.15, 0.2) is 12.1 Å². The minimum absolute atomic E-state index is 0.464. The van der Waals surface area contributed by atoms with Crippen LogP contribution < -0.4 is 16.0 Å². The fourth-order valence-corrected chi connectivity index (χ4v) is 3.17. The monoisotopic (exact) mass is 291 g/mol. The van der Waals surface area contributed by atoms with Crippen LogP contribution in [-0.4, -0.2) is 40.5 Å². The van der Waals surface area contributed by atoms with Gasteiger partial charge in [0.25, 0.3) is 0 Å². The largest absolute Gasteiger partial charge is 0.374 e. The molecule has 0 aliphatic carbocycles. The first-order chi connectivity index (χ1) is 9.76. The van der Waals surface area contributed by atoms with Gasteiger partial charge in [0.05, 0.1) is 0 Å². The van der Waals surface area contributed by atoms with Crippen molar-refractivity contribution >= 4 is 28.1 Å². The Bertz CT molecular complexity index is 559. The molecule has 20 heavy (non-hydrogen) atoms. The second-order valence-electron chi connectivity index (χ2n) is 4.77. The van der Waals surface area contributed by atoms with Crippen molar-refractivity contribution in [2.45, 2.75) is 18.8 Å². The van der Waals surface area contributed by atoms with E-state index in [-0.39, 0.29) is 0 Å². The van der Waals surface area contributed by atoms with E-state index in [2.05, 4.69) is 30.6 Å². The summed E-state index contributed by atoms with van der Waals surface area (Å²) < 4.78 is 0. The van der Waals surface area contributed by atoms with Crippen molar-refractivity contribution in [1.82, 2.24) is 20.4 Å². The highest BCUT2D eigenvalue weighted by molar-refractivity contribution is 7.15. The Kier molecular flexibility index (Phi) is 3.64. The molecule has 0 atom stereocenters. The number of rotatable bonds is 3. The number of piperidine rings is 1. The van der Waals surface area contributed by atoms with E-state index >= 15 is 0 Å². The molecule has 0 bridgehead atoms. The summed E-state index contributed by atoms with van der Waals surface area (Å²) in [5, 5.41) is 21.0. The van der Waals surface area contributed by atoms with Crippen LogP contribution in [0.25, 0.3) is 0 Å². The lowest BCUT2D eigenvalue weighted by atomic mass is 9.98. The van der Waals surface area contributed by atoms with Crippen LogP contribution >= 0.6 is 11.3 Å². The van der Waals surface area contributed by atoms with E-state index in [9.17, 15) is 0 Å². The number of hydrogen-bond acceptors (Lipinski definition) is 8. The zero-order chi connectivity index (χ0) is 13.9. The van der Waals surface area contributed by atoms with Gasteiger partial charge in [-0.15, -0.1) is 20.4 Å². The van der Waals surface area contributed by atoms with E-state index in [0.29, 0.717) is 11.0 Å². The second kappa shape index (κ2) is 5.58. The van der Waals surface area contributed by atoms with E-state index < -0.39 is 0 Å². The SMILES string of the molecule is CNc1ccc(N2CCC(c3nnc(N)s3)CC2)nn1. The fourth-order valence-electron chi connectivity index (χ4n) is 2.39. The quantitative estimate of drug-likeness (QED) is 0.881. The number of anilines is 3. The first-order valence-electron chi connectivity index (χ1n) is 6.61. The van der Waals surface area contributed by atoms with Crippen molar-refractivity contribution in [2.24, 2.45) is 0 Å². The summed E-state index contributed by atoms with van der Waals surface area (Å²) in [5.41, 5.74) is 5.64. The molecular formula is C12H17N7S. The Morgan fingerprint density at radius 2 is 2.00 bits per heavy atom. The minimum atomic E-state index is 0.464. The molecule has 1 aliphatic heterocycles. The van der Waals surface area contributed by atoms with E-state index in [1.807, 2.05) is 19.2 Å². The molecule has 1 aliphatic rings. The van der Waals surface area contributed by atoms with Crippen LogP contribution in [0.5, 0.6) is 0 Å². The third-order valence-corrected chi connectivity index (χ3v) is 4.45. The molecule has 0 unspecified atom stereocenters. The van der Waals surface area contributed by atoms with Crippen molar-refractivity contribution in [3.63, 3.8) is 0 Å². The minimum Gasteiger partial charge on any atom is -0.374 e. The lowest BCUT2D eigenvalue weighted by molar-refractivity contribution is 0.497. The van der Waals surface area contributed by atoms with Crippen molar-refractivity contribution in [3.8, 4) is 0 Å². The highest BCUT2D eigenvalue weighted by Crippen LogP contribution is 2.31. The molecule has 0 radical (unpaired) electrons. The predicted octanol–water partition coefficient (Wildman–Crippen LogP) is 1.34. The summed E-state index contributed by atoms with van der Waals surface area (Å²) in [6.07, 6.45) is 2.09. The lowest BCUT2D eigenvalue weighted by Gasteiger charge is -2.31. The van der Waals surface area contributed by atoms with Gasteiger partial charge in [-0.2, -0.15) is 0 Å². The Hall–Kier alpha value is -1.96. The lowest BCUT2D eigenvalue weighted by Crippen LogP contribution is -2.33. The number of nitrogens with two attached hydrogens (primary N) is 1. The standard InChI is InChI=1S/C12H17N7S/c1-14-9-2-3-10(16-15-9)19-6-4-8(5-7-19)11-17-18-12(13)20-11/h2-3,8H,4-7H2,1H3,(H2,13,18)(H,14,15). The van der Waals surface area contributed by atoms with Gasteiger partial charge in [0, 0.05) is 26.1 Å². The fraction of sp³-hybridized carbons (Fsp3) is 0.500. The maximum absolute atomic E-state index is 5.64. The van der Waals surface area contributed by atoms with Crippen LogP contribution in [0.2, 0.25) is 0 Å². The molecule has 0 aromatic carbocycles. The number of hydrogen-bond donors (Lipinski definition) is 2. The van der Waals surface area contributed by atoms with Crippen molar-refractivity contribution < 1.29 is 0 Å². The maximum atomic E-state index is 5.64. The summed E-state index contributed by atoms with van der Waals surface area (Å²) in [4.78, 5) is 2.26. The van der Waals surface area contributed by atoms with Gasteiger partial charge in [-0.1, -0.05) is 11.3 Å². The van der Waals surface area contributed by atoms with Crippen molar-refractivity contribution in [2.75, 3.05) is 36.1 Å². The topological polar surface area (TPSA) is 92.8 Å². The Balaban J connectivity index is 1.63. The average molecular weight is 291 g/mol. The van der Waals surface area contributed by atoms with Crippen LogP contribution in [0.4, 0.5) is 16.8 Å². The van der Waals surface area contributed by atoms with Gasteiger partial charge in [0.2, 0.25) is 5.13 Å². The normalized spacial score (nSPS) is 16.4. The van der Waals surface area contributed by atoms with Gasteiger partial charge in [-0.3, -0.25) is 0 Å². The first kappa shape index (κ1) is 13.0. The third kappa shape index (κ3) is 2.64. The number of nitrogens with zero attached hydrogens (tertiary/aromatic N) is 5. The van der Waals surface area contributed by atoms with Gasteiger partial charge in [-0.05, 0) is 25.0 Å². The molecule has 3 rings (SSSR count). The summed E-state index contributed by atoms with van der Waals surface area (Å²) >= 11 is 1.50. The van der Waals surface area contributed by atoms with Gasteiger partial charge >= 0.3 is 0 Å². The van der Waals surface area contributed by atoms with Crippen molar-refractivity contribution in [1.29, 1.82) is 0 Å². The molecule has 7 nitrogen and oxygen atoms in total. The van der Waals surface area contributed by atoms with Gasteiger partial charge < -0.3 is 16.0 Å². The van der Waals surface area contributed by atoms with Gasteiger partial charge in [-0.25, -0.2) is 0 Å². The first-order valence-corrected chi connectivity index (χ1v) is 7.43. The molecule has 3 N–H and O–H groups in total. The second-order valence-corrected chi connectivity index (χ2v) is 5.81. The molecule has 1 fully saturated rings. The van der Waals surface area contributed by atoms with Crippen molar-refractivity contribution in [3.05, 3.63) is 17.1 Å². The Morgan fingerprint density at radius 1 is 1.20 bits per heavy atom. The summed E-state index contributed by atoms with van der Waals surface area (Å²) in [5.74, 6) is 2.18. The zero-order valence-corrected chi connectivity index (χ0v) is 12.1. The molecular weight excluding hydrogens is 274 g/mol. The number of nitrogens with one attached hydrogen (secondary N) is 1. The summed E-state index contributed by atoms with van der Waals surface area (Å²) in [7, 11) is 1.84. The third-order valence-electron chi connectivity index (χ3n) is 3.53. The highest BCUT2D eigenvalue weighted by Gasteiger charge is 2.24. The molecule has 1 saturated heterocycles. The Labute approximate surface area is 121 Å². The molecule has 106 valence electrons. The van der Waals surface area contributed by atoms with E-state index in [1.54, 1.807) is 0 Å². The summed E-state index contributed by atoms with van der Waals surface area (Å²) in [6, 6.07) is 3.95. The van der Waals surface area contributed by atoms with E-state index in [4.69, 9.17) is 5.73 Å². The number of aromatic nitrogens is 4. The predicted molar refractivity (Wildman–Crippen MR) is 80.1 cm³/mol. The Morgan fingerprint density at radius 3 is 2.55 bits per heavy atom. The van der Waals surface area contributed by atoms with Crippen LogP contribution in [0, 0.1) is 0 Å². The molecule has 2 aromatic heterocycles. The van der Waals surface area contributed by atoms with Gasteiger partial charge in [0.1, 0.15) is 10.8 Å². The molecule has 0 saturated carbocycles. The highest BCUT2D eigenvalue weighted by atomic mass is 32.1. The molecule has 8 heteroatoms. The average Bonchev–Trinajstić information content (AvgIpc) is 2.94. The van der Waals surface area contributed by atoms with Gasteiger partial charge in [0.15, 0.2) is 5.82 Å². The smallest absolute Gasteiger partial charge is 0.203 e.